The Labute approximate surface area is 212 Å². The number of amides is 1. The van der Waals surface area contributed by atoms with E-state index in [0.717, 1.165) is 11.0 Å². The maximum atomic E-state index is 13.2. The van der Waals surface area contributed by atoms with Crippen LogP contribution in [0.3, 0.4) is 0 Å². The SMILES string of the molecule is COc1ncc(C(F)(F)F)cc1CNC1CN(C(=O)OC(C)C)C(C(=O)O)(c2cccnc2N(C)C)C1. The molecule has 3 heterocycles. The van der Waals surface area contributed by atoms with E-state index in [9.17, 15) is 27.9 Å². The van der Waals surface area contributed by atoms with Gasteiger partial charge in [-0.15, -0.1) is 0 Å². The third kappa shape index (κ3) is 5.71. The summed E-state index contributed by atoms with van der Waals surface area (Å²) in [5.74, 6) is -0.926. The van der Waals surface area contributed by atoms with Crippen LogP contribution in [0.25, 0.3) is 0 Å². The lowest BCUT2D eigenvalue weighted by atomic mass is 9.86. The molecule has 202 valence electrons. The predicted molar refractivity (Wildman–Crippen MR) is 127 cm³/mol. The molecule has 1 saturated heterocycles. The highest BCUT2D eigenvalue weighted by Crippen LogP contribution is 2.43. The number of likely N-dealkylation sites (tertiary alicyclic amines) is 1. The van der Waals surface area contributed by atoms with Crippen LogP contribution in [-0.4, -0.2) is 71.9 Å². The summed E-state index contributed by atoms with van der Waals surface area (Å²) in [6.07, 6.45) is -3.82. The van der Waals surface area contributed by atoms with Crippen molar-refractivity contribution < 1.29 is 37.3 Å². The molecule has 0 aromatic carbocycles. The zero-order valence-corrected chi connectivity index (χ0v) is 21.2. The quantitative estimate of drug-likeness (QED) is 0.536. The Morgan fingerprint density at radius 3 is 2.59 bits per heavy atom. The summed E-state index contributed by atoms with van der Waals surface area (Å²) in [5.41, 5.74) is -2.36. The fraction of sp³-hybridized carbons (Fsp3) is 0.500. The van der Waals surface area contributed by atoms with Crippen LogP contribution >= 0.6 is 0 Å². The zero-order valence-electron chi connectivity index (χ0n) is 21.2. The number of carbonyl (C=O) groups excluding carboxylic acids is 1. The molecule has 37 heavy (non-hydrogen) atoms. The van der Waals surface area contributed by atoms with Crippen LogP contribution in [0.1, 0.15) is 37.0 Å². The summed E-state index contributed by atoms with van der Waals surface area (Å²) < 4.78 is 50.2. The summed E-state index contributed by atoms with van der Waals surface area (Å²) in [6, 6.07) is 3.48. The molecule has 3 rings (SSSR count). The average molecular weight is 526 g/mol. The predicted octanol–water partition coefficient (Wildman–Crippen LogP) is 3.26. The molecule has 0 aliphatic carbocycles. The smallest absolute Gasteiger partial charge is 0.417 e. The number of aliphatic carboxylic acids is 1. The van der Waals surface area contributed by atoms with Crippen LogP contribution in [0.4, 0.5) is 23.8 Å². The minimum atomic E-state index is -4.60. The van der Waals surface area contributed by atoms with Crippen LogP contribution in [0.5, 0.6) is 5.88 Å². The van der Waals surface area contributed by atoms with Gasteiger partial charge in [-0.25, -0.2) is 19.6 Å². The van der Waals surface area contributed by atoms with E-state index in [1.54, 1.807) is 45.0 Å². The van der Waals surface area contributed by atoms with Gasteiger partial charge < -0.3 is 24.8 Å². The Balaban J connectivity index is 2.01. The Kier molecular flexibility index (Phi) is 8.16. The maximum Gasteiger partial charge on any atom is 0.417 e. The minimum Gasteiger partial charge on any atom is -0.481 e. The van der Waals surface area contributed by atoms with Crippen LogP contribution in [0.15, 0.2) is 30.6 Å². The van der Waals surface area contributed by atoms with Gasteiger partial charge in [-0.05, 0) is 26.0 Å². The van der Waals surface area contributed by atoms with Gasteiger partial charge in [0.2, 0.25) is 5.88 Å². The van der Waals surface area contributed by atoms with E-state index < -0.39 is 41.5 Å². The number of methoxy groups -OCH3 is 1. The van der Waals surface area contributed by atoms with E-state index >= 15 is 0 Å². The van der Waals surface area contributed by atoms with Crippen LogP contribution < -0.4 is 15.0 Å². The van der Waals surface area contributed by atoms with Crippen molar-refractivity contribution in [3.8, 4) is 5.88 Å². The molecule has 1 aliphatic heterocycles. The van der Waals surface area contributed by atoms with E-state index in [0.29, 0.717) is 12.0 Å². The van der Waals surface area contributed by atoms with Gasteiger partial charge in [0.25, 0.3) is 0 Å². The van der Waals surface area contributed by atoms with Crippen molar-refractivity contribution in [1.29, 1.82) is 0 Å². The molecule has 1 aliphatic rings. The number of rotatable bonds is 8. The normalized spacial score (nSPS) is 19.7. The molecule has 2 unspecified atom stereocenters. The lowest BCUT2D eigenvalue weighted by Gasteiger charge is -2.36. The van der Waals surface area contributed by atoms with Gasteiger partial charge in [0.05, 0.1) is 18.8 Å². The maximum absolute atomic E-state index is 13.2. The first-order chi connectivity index (χ1) is 17.3. The highest BCUT2D eigenvalue weighted by Gasteiger charge is 2.57. The van der Waals surface area contributed by atoms with E-state index in [2.05, 4.69) is 15.3 Å². The number of pyridine rings is 2. The second-order valence-electron chi connectivity index (χ2n) is 9.15. The molecule has 0 radical (unpaired) electrons. The largest absolute Gasteiger partial charge is 0.481 e. The number of carboxylic acids is 1. The molecule has 2 aromatic heterocycles. The number of aromatic nitrogens is 2. The van der Waals surface area contributed by atoms with Crippen molar-refractivity contribution in [1.82, 2.24) is 20.2 Å². The van der Waals surface area contributed by atoms with Crippen molar-refractivity contribution in [3.05, 3.63) is 47.3 Å². The molecule has 0 bridgehead atoms. The monoisotopic (exact) mass is 525 g/mol. The Morgan fingerprint density at radius 2 is 2.03 bits per heavy atom. The van der Waals surface area contributed by atoms with Gasteiger partial charge >= 0.3 is 18.2 Å². The Bertz CT molecular complexity index is 1140. The highest BCUT2D eigenvalue weighted by atomic mass is 19.4. The lowest BCUT2D eigenvalue weighted by Crippen LogP contribution is -2.51. The molecule has 13 heteroatoms. The summed E-state index contributed by atoms with van der Waals surface area (Å²) >= 11 is 0. The van der Waals surface area contributed by atoms with Crippen molar-refractivity contribution in [2.45, 2.75) is 50.7 Å². The van der Waals surface area contributed by atoms with E-state index in [-0.39, 0.29) is 36.5 Å². The second kappa shape index (κ2) is 10.8. The third-order valence-corrected chi connectivity index (χ3v) is 6.00. The van der Waals surface area contributed by atoms with E-state index in [4.69, 9.17) is 9.47 Å². The number of ether oxygens (including phenoxy) is 2. The molecule has 2 atom stereocenters. The number of carboxylic acid groups (broad SMARTS) is 1. The van der Waals surface area contributed by atoms with E-state index in [1.807, 2.05) is 0 Å². The van der Waals surface area contributed by atoms with Gasteiger partial charge in [-0.2, -0.15) is 13.2 Å². The molecule has 2 aromatic rings. The number of anilines is 1. The van der Waals surface area contributed by atoms with Crippen LogP contribution in [-0.2, 0) is 27.8 Å². The number of nitrogens with zero attached hydrogens (tertiary/aromatic N) is 4. The molecule has 1 amide bonds. The number of carbonyl (C=O) groups is 2. The summed E-state index contributed by atoms with van der Waals surface area (Å²) in [5, 5.41) is 13.6. The van der Waals surface area contributed by atoms with Gasteiger partial charge in [0, 0.05) is 63.2 Å². The van der Waals surface area contributed by atoms with Gasteiger partial charge in [-0.1, -0.05) is 6.07 Å². The zero-order chi connectivity index (χ0) is 27.5. The van der Waals surface area contributed by atoms with Crippen molar-refractivity contribution >= 4 is 17.9 Å². The van der Waals surface area contributed by atoms with Gasteiger partial charge in [0.15, 0.2) is 5.54 Å². The first kappa shape index (κ1) is 28.0. The number of hydrogen-bond donors (Lipinski definition) is 2. The molecule has 0 saturated carbocycles. The third-order valence-electron chi connectivity index (χ3n) is 6.00. The number of hydrogen-bond acceptors (Lipinski definition) is 8. The molecule has 2 N–H and O–H groups in total. The van der Waals surface area contributed by atoms with E-state index in [1.165, 1.54) is 13.3 Å². The van der Waals surface area contributed by atoms with Crippen molar-refractivity contribution in [3.63, 3.8) is 0 Å². The van der Waals surface area contributed by atoms with Crippen LogP contribution in [0, 0.1) is 0 Å². The molecule has 1 fully saturated rings. The Morgan fingerprint density at radius 1 is 1.32 bits per heavy atom. The summed E-state index contributed by atoms with van der Waals surface area (Å²) in [4.78, 5) is 36.9. The number of nitrogens with one attached hydrogen (secondary N) is 1. The summed E-state index contributed by atoms with van der Waals surface area (Å²) in [6.45, 7) is 3.11. The standard InChI is InChI=1S/C24H30F3N5O5/c1-14(2)37-22(35)32-13-17(29-11-15-9-16(24(25,26)27)12-30-20(15)36-5)10-23(32,21(33)34)18-7-6-8-28-19(18)31(3)4/h6-9,12,14,17,29H,10-11,13H2,1-5H3,(H,33,34). The van der Waals surface area contributed by atoms with Crippen LogP contribution in [0.2, 0.25) is 0 Å². The van der Waals surface area contributed by atoms with Gasteiger partial charge in [-0.3, -0.25) is 4.90 Å². The topological polar surface area (TPSA) is 117 Å². The fourth-order valence-corrected chi connectivity index (χ4v) is 4.41. The number of alkyl halides is 3. The first-order valence-corrected chi connectivity index (χ1v) is 11.5. The van der Waals surface area contributed by atoms with Crippen molar-refractivity contribution in [2.75, 3.05) is 32.6 Å². The molecule has 0 spiro atoms. The first-order valence-electron chi connectivity index (χ1n) is 11.5. The minimum absolute atomic E-state index is 0.00113. The summed E-state index contributed by atoms with van der Waals surface area (Å²) in [7, 11) is 4.70. The highest BCUT2D eigenvalue weighted by molar-refractivity contribution is 5.88. The lowest BCUT2D eigenvalue weighted by molar-refractivity contribution is -0.149. The average Bonchev–Trinajstić information content (AvgIpc) is 3.22. The second-order valence-corrected chi connectivity index (χ2v) is 9.15. The fourth-order valence-electron chi connectivity index (χ4n) is 4.41. The van der Waals surface area contributed by atoms with Gasteiger partial charge in [0.1, 0.15) is 5.82 Å². The number of halogens is 3. The molecular formula is C24H30F3N5O5. The molecule has 10 nitrogen and oxygen atoms in total. The van der Waals surface area contributed by atoms with Crippen molar-refractivity contribution in [2.24, 2.45) is 0 Å². The molecular weight excluding hydrogens is 495 g/mol. The Hall–Kier alpha value is -3.61.